The van der Waals surface area contributed by atoms with Crippen LogP contribution in [0.4, 0.5) is 0 Å². The van der Waals surface area contributed by atoms with E-state index in [0.717, 1.165) is 5.56 Å². The summed E-state index contributed by atoms with van der Waals surface area (Å²) in [5.74, 6) is 0.272. The highest BCUT2D eigenvalue weighted by atomic mass is 79.9. The normalized spacial score (nSPS) is 13.6. The maximum absolute atomic E-state index is 11.1. The average molecular weight is 322 g/mol. The van der Waals surface area contributed by atoms with E-state index in [2.05, 4.69) is 21.2 Å². The van der Waals surface area contributed by atoms with Crippen molar-refractivity contribution in [3.8, 4) is 5.75 Å². The van der Waals surface area contributed by atoms with E-state index in [9.17, 15) is 13.5 Å². The quantitative estimate of drug-likeness (QED) is 0.866. The largest absolute Gasteiger partial charge is 0.506 e. The lowest BCUT2D eigenvalue weighted by Gasteiger charge is -2.13. The molecule has 4 nitrogen and oxygen atoms in total. The van der Waals surface area contributed by atoms with Crippen LogP contribution in [0.15, 0.2) is 22.7 Å². The first-order valence-electron chi connectivity index (χ1n) is 5.17. The van der Waals surface area contributed by atoms with Crippen LogP contribution < -0.4 is 5.32 Å². The second kappa shape index (κ2) is 5.84. The number of para-hydroxylation sites is 1. The number of hydrogen-bond acceptors (Lipinski definition) is 4. The predicted molar refractivity (Wildman–Crippen MR) is 71.8 cm³/mol. The summed E-state index contributed by atoms with van der Waals surface area (Å²) in [6.07, 6.45) is 1.21. The molecular formula is C11H16BrNO3S. The van der Waals surface area contributed by atoms with Gasteiger partial charge in [0.2, 0.25) is 0 Å². The van der Waals surface area contributed by atoms with E-state index in [4.69, 9.17) is 0 Å². The van der Waals surface area contributed by atoms with E-state index in [-0.39, 0.29) is 17.5 Å². The summed E-state index contributed by atoms with van der Waals surface area (Å²) in [4.78, 5) is 0. The Labute approximate surface area is 110 Å². The van der Waals surface area contributed by atoms with Gasteiger partial charge in [-0.05, 0) is 28.9 Å². The third-order valence-corrected chi connectivity index (χ3v) is 4.01. The van der Waals surface area contributed by atoms with Crippen LogP contribution in [-0.4, -0.2) is 31.6 Å². The van der Waals surface area contributed by atoms with Crippen molar-refractivity contribution in [3.05, 3.63) is 28.2 Å². The van der Waals surface area contributed by atoms with Crippen molar-refractivity contribution < 1.29 is 13.5 Å². The number of benzene rings is 1. The molecule has 0 saturated heterocycles. The molecule has 0 aliphatic rings. The Hall–Kier alpha value is -0.590. The molecule has 0 aliphatic heterocycles. The van der Waals surface area contributed by atoms with Gasteiger partial charge in [0.05, 0.1) is 10.2 Å². The third kappa shape index (κ3) is 5.06. The molecule has 0 amide bonds. The molecule has 0 spiro atoms. The molecule has 0 heterocycles. The molecule has 0 saturated carbocycles. The standard InChI is InChI=1S/C11H16BrNO3S/c1-8(7-17(2,15)16)13-6-9-4-3-5-10(12)11(9)14/h3-5,8,13-14H,6-7H2,1-2H3. The summed E-state index contributed by atoms with van der Waals surface area (Å²) in [6, 6.07) is 5.21. The Kier molecular flexibility index (Phi) is 4.97. The minimum Gasteiger partial charge on any atom is -0.506 e. The van der Waals surface area contributed by atoms with Crippen LogP contribution in [-0.2, 0) is 16.4 Å². The highest BCUT2D eigenvalue weighted by Crippen LogP contribution is 2.27. The van der Waals surface area contributed by atoms with Gasteiger partial charge in [-0.15, -0.1) is 0 Å². The van der Waals surface area contributed by atoms with Crippen LogP contribution in [0.3, 0.4) is 0 Å². The van der Waals surface area contributed by atoms with E-state index in [1.54, 1.807) is 19.1 Å². The van der Waals surface area contributed by atoms with E-state index in [0.29, 0.717) is 11.0 Å². The number of aromatic hydroxyl groups is 1. The van der Waals surface area contributed by atoms with Crippen LogP contribution in [0.2, 0.25) is 0 Å². The molecule has 0 aromatic heterocycles. The van der Waals surface area contributed by atoms with E-state index in [1.807, 2.05) is 6.07 Å². The molecule has 6 heteroatoms. The van der Waals surface area contributed by atoms with E-state index < -0.39 is 9.84 Å². The van der Waals surface area contributed by atoms with Crippen molar-refractivity contribution in [3.63, 3.8) is 0 Å². The number of halogens is 1. The van der Waals surface area contributed by atoms with Crippen LogP contribution in [0.25, 0.3) is 0 Å². The molecule has 2 N–H and O–H groups in total. The van der Waals surface area contributed by atoms with Gasteiger partial charge in [-0.2, -0.15) is 0 Å². The van der Waals surface area contributed by atoms with E-state index >= 15 is 0 Å². The van der Waals surface area contributed by atoms with Crippen molar-refractivity contribution in [1.82, 2.24) is 5.32 Å². The summed E-state index contributed by atoms with van der Waals surface area (Å²) in [6.45, 7) is 2.23. The van der Waals surface area contributed by atoms with Crippen molar-refractivity contribution in [1.29, 1.82) is 0 Å². The van der Waals surface area contributed by atoms with Crippen molar-refractivity contribution in [2.24, 2.45) is 0 Å². The Morgan fingerprint density at radius 2 is 2.12 bits per heavy atom. The predicted octanol–water partition coefficient (Wildman–Crippen LogP) is 1.68. The van der Waals surface area contributed by atoms with Gasteiger partial charge >= 0.3 is 0 Å². The first kappa shape index (κ1) is 14.5. The molecule has 1 rings (SSSR count). The second-order valence-electron chi connectivity index (χ2n) is 4.12. The molecule has 17 heavy (non-hydrogen) atoms. The van der Waals surface area contributed by atoms with Gasteiger partial charge < -0.3 is 10.4 Å². The monoisotopic (exact) mass is 321 g/mol. The summed E-state index contributed by atoms with van der Waals surface area (Å²) >= 11 is 3.23. The molecule has 0 bridgehead atoms. The van der Waals surface area contributed by atoms with Crippen molar-refractivity contribution in [2.75, 3.05) is 12.0 Å². The third-order valence-electron chi connectivity index (χ3n) is 2.26. The summed E-state index contributed by atoms with van der Waals surface area (Å²) in [5.41, 5.74) is 0.736. The van der Waals surface area contributed by atoms with Gasteiger partial charge in [-0.3, -0.25) is 0 Å². The maximum Gasteiger partial charge on any atom is 0.148 e. The van der Waals surface area contributed by atoms with Gasteiger partial charge in [0.25, 0.3) is 0 Å². The number of rotatable bonds is 5. The molecule has 0 radical (unpaired) electrons. The van der Waals surface area contributed by atoms with E-state index in [1.165, 1.54) is 6.26 Å². The average Bonchev–Trinajstić information content (AvgIpc) is 2.18. The van der Waals surface area contributed by atoms with Gasteiger partial charge in [0.15, 0.2) is 0 Å². The maximum atomic E-state index is 11.1. The first-order chi connectivity index (χ1) is 7.79. The van der Waals surface area contributed by atoms with Crippen molar-refractivity contribution >= 4 is 25.8 Å². The molecule has 0 fully saturated rings. The molecule has 96 valence electrons. The number of hydrogen-bond donors (Lipinski definition) is 2. The Bertz CT molecular complexity index is 487. The number of nitrogens with one attached hydrogen (secondary N) is 1. The fourth-order valence-corrected chi connectivity index (χ4v) is 2.93. The Morgan fingerprint density at radius 3 is 2.71 bits per heavy atom. The van der Waals surface area contributed by atoms with Crippen molar-refractivity contribution in [2.45, 2.75) is 19.5 Å². The topological polar surface area (TPSA) is 66.4 Å². The smallest absolute Gasteiger partial charge is 0.148 e. The van der Waals surface area contributed by atoms with Crippen LogP contribution in [0.1, 0.15) is 12.5 Å². The lowest BCUT2D eigenvalue weighted by atomic mass is 10.2. The highest BCUT2D eigenvalue weighted by molar-refractivity contribution is 9.10. The van der Waals surface area contributed by atoms with Gasteiger partial charge in [0.1, 0.15) is 15.6 Å². The molecule has 0 aliphatic carbocycles. The summed E-state index contributed by atoms with van der Waals surface area (Å²) < 4.78 is 22.8. The number of phenolic OH excluding ortho intramolecular Hbond substituents is 1. The van der Waals surface area contributed by atoms with Gasteiger partial charge in [-0.25, -0.2) is 8.42 Å². The number of phenols is 1. The Balaban J connectivity index is 2.59. The van der Waals surface area contributed by atoms with Crippen LogP contribution in [0, 0.1) is 0 Å². The fraction of sp³-hybridized carbons (Fsp3) is 0.455. The number of sulfone groups is 1. The van der Waals surface area contributed by atoms with Gasteiger partial charge in [0, 0.05) is 24.4 Å². The minimum atomic E-state index is -2.98. The highest BCUT2D eigenvalue weighted by Gasteiger charge is 2.11. The SMILES string of the molecule is CC(CS(C)(=O)=O)NCc1cccc(Br)c1O. The summed E-state index contributed by atoms with van der Waals surface area (Å²) in [5, 5.41) is 12.8. The molecule has 1 aromatic rings. The molecule has 1 aromatic carbocycles. The molecular weight excluding hydrogens is 306 g/mol. The zero-order valence-corrected chi connectivity index (χ0v) is 12.2. The van der Waals surface area contributed by atoms with Gasteiger partial charge in [-0.1, -0.05) is 12.1 Å². The summed E-state index contributed by atoms with van der Waals surface area (Å²) in [7, 11) is -2.98. The zero-order valence-electron chi connectivity index (χ0n) is 9.77. The fourth-order valence-electron chi connectivity index (χ4n) is 1.50. The van der Waals surface area contributed by atoms with Crippen LogP contribution >= 0.6 is 15.9 Å². The molecule has 1 unspecified atom stereocenters. The first-order valence-corrected chi connectivity index (χ1v) is 8.02. The Morgan fingerprint density at radius 1 is 1.47 bits per heavy atom. The second-order valence-corrected chi connectivity index (χ2v) is 7.16. The minimum absolute atomic E-state index is 0.0851. The molecule has 1 atom stereocenters. The van der Waals surface area contributed by atoms with Crippen LogP contribution in [0.5, 0.6) is 5.75 Å². The lowest BCUT2D eigenvalue weighted by molar-refractivity contribution is 0.458. The zero-order chi connectivity index (χ0) is 13.1. The lowest BCUT2D eigenvalue weighted by Crippen LogP contribution is -2.32.